The van der Waals surface area contributed by atoms with Gasteiger partial charge in [-0.1, -0.05) is 5.16 Å². The highest BCUT2D eigenvalue weighted by atomic mass is 16.5. The van der Waals surface area contributed by atoms with Gasteiger partial charge >= 0.3 is 5.91 Å². The van der Waals surface area contributed by atoms with Gasteiger partial charge in [-0.3, -0.25) is 20.4 Å². The van der Waals surface area contributed by atoms with Crippen LogP contribution >= 0.6 is 0 Å². The SMILES string of the molecule is CCOc1ccc(C(=O)NNC(=O)c2cc(C)no2)cc1OC. The Labute approximate surface area is 132 Å². The second kappa shape index (κ2) is 7.30. The lowest BCUT2D eigenvalue weighted by Crippen LogP contribution is -2.41. The third kappa shape index (κ3) is 4.00. The number of amides is 2. The smallest absolute Gasteiger partial charge is 0.308 e. The van der Waals surface area contributed by atoms with Crippen LogP contribution in [-0.2, 0) is 0 Å². The van der Waals surface area contributed by atoms with E-state index in [4.69, 9.17) is 14.0 Å². The van der Waals surface area contributed by atoms with Gasteiger partial charge in [0.25, 0.3) is 5.91 Å². The molecule has 2 N–H and O–H groups in total. The van der Waals surface area contributed by atoms with Crippen molar-refractivity contribution in [1.29, 1.82) is 0 Å². The van der Waals surface area contributed by atoms with Gasteiger partial charge in [-0.2, -0.15) is 0 Å². The molecule has 2 aromatic rings. The van der Waals surface area contributed by atoms with E-state index in [1.807, 2.05) is 6.92 Å². The number of rotatable bonds is 5. The lowest BCUT2D eigenvalue weighted by molar-refractivity contribution is 0.0825. The standard InChI is InChI=1S/C15H17N3O5/c1-4-22-11-6-5-10(8-12(11)21-3)14(19)16-17-15(20)13-7-9(2)18-23-13/h5-8H,4H2,1-3H3,(H,16,19)(H,17,20). The topological polar surface area (TPSA) is 103 Å². The Balaban J connectivity index is 2.01. The molecule has 1 aromatic carbocycles. The van der Waals surface area contributed by atoms with Crippen LogP contribution in [0.2, 0.25) is 0 Å². The van der Waals surface area contributed by atoms with Crippen LogP contribution in [0, 0.1) is 6.92 Å². The van der Waals surface area contributed by atoms with Crippen molar-refractivity contribution in [3.8, 4) is 11.5 Å². The summed E-state index contributed by atoms with van der Waals surface area (Å²) < 4.78 is 15.3. The van der Waals surface area contributed by atoms with E-state index in [9.17, 15) is 9.59 Å². The third-order valence-corrected chi connectivity index (χ3v) is 2.87. The average Bonchev–Trinajstić information content (AvgIpc) is 2.99. The van der Waals surface area contributed by atoms with Crippen LogP contribution in [0.15, 0.2) is 28.8 Å². The number of aromatic nitrogens is 1. The predicted molar refractivity (Wildman–Crippen MR) is 80.3 cm³/mol. The number of hydrazine groups is 1. The van der Waals surface area contributed by atoms with Gasteiger partial charge in [-0.25, -0.2) is 0 Å². The van der Waals surface area contributed by atoms with Gasteiger partial charge in [0.2, 0.25) is 5.76 Å². The number of carbonyl (C=O) groups is 2. The minimum atomic E-state index is -0.600. The maximum atomic E-state index is 12.1. The molecular weight excluding hydrogens is 302 g/mol. The highest BCUT2D eigenvalue weighted by Crippen LogP contribution is 2.27. The molecule has 0 saturated heterocycles. The van der Waals surface area contributed by atoms with Crippen molar-refractivity contribution in [2.75, 3.05) is 13.7 Å². The Morgan fingerprint density at radius 1 is 1.17 bits per heavy atom. The molecule has 0 bridgehead atoms. The van der Waals surface area contributed by atoms with Gasteiger partial charge in [0.15, 0.2) is 11.5 Å². The van der Waals surface area contributed by atoms with Crippen molar-refractivity contribution >= 4 is 11.8 Å². The van der Waals surface area contributed by atoms with Gasteiger partial charge in [-0.15, -0.1) is 0 Å². The van der Waals surface area contributed by atoms with E-state index in [1.54, 1.807) is 19.1 Å². The molecule has 0 spiro atoms. The van der Waals surface area contributed by atoms with Gasteiger partial charge < -0.3 is 14.0 Å². The summed E-state index contributed by atoms with van der Waals surface area (Å²) in [5.41, 5.74) is 5.40. The van der Waals surface area contributed by atoms with Crippen molar-refractivity contribution in [1.82, 2.24) is 16.0 Å². The van der Waals surface area contributed by atoms with E-state index in [1.165, 1.54) is 19.2 Å². The van der Waals surface area contributed by atoms with E-state index in [2.05, 4.69) is 16.0 Å². The molecular formula is C15H17N3O5. The van der Waals surface area contributed by atoms with E-state index in [0.29, 0.717) is 29.4 Å². The Morgan fingerprint density at radius 2 is 1.91 bits per heavy atom. The fourth-order valence-electron chi connectivity index (χ4n) is 1.80. The van der Waals surface area contributed by atoms with Crippen molar-refractivity contribution in [2.24, 2.45) is 0 Å². The maximum Gasteiger partial charge on any atom is 0.308 e. The second-order valence-corrected chi connectivity index (χ2v) is 4.54. The van der Waals surface area contributed by atoms with Crippen molar-refractivity contribution in [3.63, 3.8) is 0 Å². The molecule has 2 amide bonds. The molecule has 23 heavy (non-hydrogen) atoms. The number of hydrogen-bond acceptors (Lipinski definition) is 6. The number of aryl methyl sites for hydroxylation is 1. The molecule has 8 heteroatoms. The average molecular weight is 319 g/mol. The summed E-state index contributed by atoms with van der Waals surface area (Å²) in [6.45, 7) is 4.01. The lowest BCUT2D eigenvalue weighted by atomic mass is 10.2. The first-order valence-corrected chi connectivity index (χ1v) is 6.90. The molecule has 0 aliphatic rings. The summed E-state index contributed by atoms with van der Waals surface area (Å²) in [5, 5.41) is 3.59. The van der Waals surface area contributed by atoms with Crippen LogP contribution in [0.5, 0.6) is 11.5 Å². The summed E-state index contributed by atoms with van der Waals surface area (Å²) in [4.78, 5) is 23.8. The number of nitrogens with one attached hydrogen (secondary N) is 2. The number of methoxy groups -OCH3 is 1. The monoisotopic (exact) mass is 319 g/mol. The first-order valence-electron chi connectivity index (χ1n) is 6.90. The normalized spacial score (nSPS) is 10.0. The molecule has 8 nitrogen and oxygen atoms in total. The summed E-state index contributed by atoms with van der Waals surface area (Å²) in [7, 11) is 1.48. The fourth-order valence-corrected chi connectivity index (χ4v) is 1.80. The molecule has 0 radical (unpaired) electrons. The zero-order chi connectivity index (χ0) is 16.8. The van der Waals surface area contributed by atoms with Gasteiger partial charge in [0.05, 0.1) is 19.4 Å². The van der Waals surface area contributed by atoms with Crippen molar-refractivity contribution in [2.45, 2.75) is 13.8 Å². The summed E-state index contributed by atoms with van der Waals surface area (Å²) >= 11 is 0. The van der Waals surface area contributed by atoms with E-state index in [-0.39, 0.29) is 5.76 Å². The Bertz CT molecular complexity index is 711. The number of ether oxygens (including phenoxy) is 2. The summed E-state index contributed by atoms with van der Waals surface area (Å²) in [5.74, 6) is -0.135. The van der Waals surface area contributed by atoms with Crippen molar-refractivity contribution in [3.05, 3.63) is 41.3 Å². The second-order valence-electron chi connectivity index (χ2n) is 4.54. The number of hydrogen-bond donors (Lipinski definition) is 2. The first-order chi connectivity index (χ1) is 11.0. The largest absolute Gasteiger partial charge is 0.493 e. The van der Waals surface area contributed by atoms with E-state index < -0.39 is 11.8 Å². The van der Waals surface area contributed by atoms with Crippen LogP contribution in [0.25, 0.3) is 0 Å². The van der Waals surface area contributed by atoms with E-state index >= 15 is 0 Å². The van der Waals surface area contributed by atoms with Crippen LogP contribution < -0.4 is 20.3 Å². The highest BCUT2D eigenvalue weighted by Gasteiger charge is 2.14. The number of carbonyl (C=O) groups excluding carboxylic acids is 2. The van der Waals surface area contributed by atoms with Gasteiger partial charge in [0.1, 0.15) is 0 Å². The van der Waals surface area contributed by atoms with E-state index in [0.717, 1.165) is 0 Å². The van der Waals surface area contributed by atoms with Crippen LogP contribution in [0.3, 0.4) is 0 Å². The number of nitrogens with zero attached hydrogens (tertiary/aromatic N) is 1. The molecule has 0 atom stereocenters. The van der Waals surface area contributed by atoms with Crippen LogP contribution in [0.1, 0.15) is 33.5 Å². The van der Waals surface area contributed by atoms with Gasteiger partial charge in [-0.05, 0) is 32.0 Å². The Morgan fingerprint density at radius 3 is 2.52 bits per heavy atom. The highest BCUT2D eigenvalue weighted by molar-refractivity contribution is 5.98. The Hall–Kier alpha value is -3.03. The van der Waals surface area contributed by atoms with Crippen LogP contribution in [0.4, 0.5) is 0 Å². The molecule has 2 rings (SSSR count). The summed E-state index contributed by atoms with van der Waals surface area (Å²) in [6, 6.07) is 6.17. The molecule has 1 aromatic heterocycles. The maximum absolute atomic E-state index is 12.1. The predicted octanol–water partition coefficient (Wildman–Crippen LogP) is 1.47. The quantitative estimate of drug-likeness (QED) is 0.809. The molecule has 0 aliphatic carbocycles. The Kier molecular flexibility index (Phi) is 5.19. The zero-order valence-electron chi connectivity index (χ0n) is 13.0. The van der Waals surface area contributed by atoms with Gasteiger partial charge in [0, 0.05) is 11.6 Å². The molecule has 0 saturated carbocycles. The first kappa shape index (κ1) is 16.3. The molecule has 0 fully saturated rings. The third-order valence-electron chi connectivity index (χ3n) is 2.87. The minimum Gasteiger partial charge on any atom is -0.493 e. The lowest BCUT2D eigenvalue weighted by Gasteiger charge is -2.11. The number of benzene rings is 1. The molecule has 1 heterocycles. The molecule has 122 valence electrons. The molecule has 0 unspecified atom stereocenters. The van der Waals surface area contributed by atoms with Crippen LogP contribution in [-0.4, -0.2) is 30.7 Å². The van der Waals surface area contributed by atoms with Crippen molar-refractivity contribution < 1.29 is 23.6 Å². The zero-order valence-corrected chi connectivity index (χ0v) is 13.0. The molecule has 0 aliphatic heterocycles. The minimum absolute atomic E-state index is 0.00655. The summed E-state index contributed by atoms with van der Waals surface area (Å²) in [6.07, 6.45) is 0. The fraction of sp³-hybridized carbons (Fsp3) is 0.267.